The van der Waals surface area contributed by atoms with E-state index in [2.05, 4.69) is 20.0 Å². The van der Waals surface area contributed by atoms with E-state index in [0.717, 1.165) is 24.5 Å². The van der Waals surface area contributed by atoms with Crippen molar-refractivity contribution < 1.29 is 9.32 Å². The highest BCUT2D eigenvalue weighted by Crippen LogP contribution is 2.28. The summed E-state index contributed by atoms with van der Waals surface area (Å²) in [6, 6.07) is 17.5. The quantitative estimate of drug-likeness (QED) is 0.524. The topological polar surface area (TPSA) is 75.4 Å². The molecule has 30 heavy (non-hydrogen) atoms. The van der Waals surface area contributed by atoms with Gasteiger partial charge in [-0.3, -0.25) is 4.79 Å². The number of hydrogen-bond acceptors (Lipinski definition) is 6. The number of aryl methyl sites for hydroxylation is 1. The molecule has 0 spiro atoms. The van der Waals surface area contributed by atoms with Crippen molar-refractivity contribution in [2.24, 2.45) is 0 Å². The minimum absolute atomic E-state index is 0.0217. The molecular formula is C23H21N5O2. The van der Waals surface area contributed by atoms with Gasteiger partial charge in [0.2, 0.25) is 0 Å². The molecule has 0 aliphatic carbocycles. The van der Waals surface area contributed by atoms with Crippen molar-refractivity contribution in [3.05, 3.63) is 72.1 Å². The van der Waals surface area contributed by atoms with E-state index in [1.807, 2.05) is 66.4 Å². The largest absolute Gasteiger partial charge is 0.353 e. The SMILES string of the molecule is Cc1noc2nc(-c3ccccc3)cc(C(=O)N3CCN(c4ccccn4)CC3)c12. The van der Waals surface area contributed by atoms with E-state index in [4.69, 9.17) is 4.52 Å². The summed E-state index contributed by atoms with van der Waals surface area (Å²) in [5.41, 5.74) is 3.29. The minimum atomic E-state index is -0.0217. The summed E-state index contributed by atoms with van der Waals surface area (Å²) in [6.45, 7) is 4.58. The Hall–Kier alpha value is -3.74. The third-order valence-corrected chi connectivity index (χ3v) is 5.46. The molecule has 150 valence electrons. The van der Waals surface area contributed by atoms with Gasteiger partial charge in [-0.15, -0.1) is 0 Å². The lowest BCUT2D eigenvalue weighted by atomic mass is 10.0. The Bertz CT molecular complexity index is 1180. The average molecular weight is 399 g/mol. The Kier molecular flexibility index (Phi) is 4.63. The Labute approximate surface area is 173 Å². The van der Waals surface area contributed by atoms with Gasteiger partial charge in [-0.05, 0) is 25.1 Å². The van der Waals surface area contributed by atoms with Gasteiger partial charge in [0.15, 0.2) is 0 Å². The number of hydrogen-bond donors (Lipinski definition) is 0. The minimum Gasteiger partial charge on any atom is -0.353 e. The van der Waals surface area contributed by atoms with Gasteiger partial charge in [0.05, 0.1) is 22.3 Å². The van der Waals surface area contributed by atoms with Gasteiger partial charge in [0.1, 0.15) is 5.82 Å². The van der Waals surface area contributed by atoms with Crippen molar-refractivity contribution >= 4 is 22.8 Å². The van der Waals surface area contributed by atoms with Crippen molar-refractivity contribution in [1.82, 2.24) is 20.0 Å². The van der Waals surface area contributed by atoms with E-state index in [-0.39, 0.29) is 5.91 Å². The standard InChI is InChI=1S/C23H21N5O2/c1-16-21-18(15-19(25-22(21)30-26-16)17-7-3-2-4-8-17)23(29)28-13-11-27(12-14-28)20-9-5-6-10-24-20/h2-10,15H,11-14H2,1H3. The number of rotatable bonds is 3. The summed E-state index contributed by atoms with van der Waals surface area (Å²) in [5, 5.41) is 4.73. The number of fused-ring (bicyclic) bond motifs is 1. The molecule has 5 rings (SSSR count). The summed E-state index contributed by atoms with van der Waals surface area (Å²) in [4.78, 5) is 26.6. The molecule has 0 unspecified atom stereocenters. The summed E-state index contributed by atoms with van der Waals surface area (Å²) < 4.78 is 5.42. The first-order valence-corrected chi connectivity index (χ1v) is 9.98. The number of aromatic nitrogens is 3. The van der Waals surface area contributed by atoms with Gasteiger partial charge < -0.3 is 14.3 Å². The summed E-state index contributed by atoms with van der Waals surface area (Å²) in [7, 11) is 0. The lowest BCUT2D eigenvalue weighted by Crippen LogP contribution is -2.49. The lowest BCUT2D eigenvalue weighted by Gasteiger charge is -2.35. The molecular weight excluding hydrogens is 378 g/mol. The van der Waals surface area contributed by atoms with E-state index in [0.29, 0.717) is 41.1 Å². The second kappa shape index (κ2) is 7.59. The van der Waals surface area contributed by atoms with Gasteiger partial charge in [0.25, 0.3) is 11.6 Å². The Morgan fingerprint density at radius 2 is 1.77 bits per heavy atom. The van der Waals surface area contributed by atoms with Crippen molar-refractivity contribution in [2.75, 3.05) is 31.1 Å². The Morgan fingerprint density at radius 1 is 1.00 bits per heavy atom. The molecule has 0 radical (unpaired) electrons. The molecule has 1 aliphatic rings. The maximum absolute atomic E-state index is 13.5. The number of carbonyl (C=O) groups excluding carboxylic acids is 1. The fourth-order valence-electron chi connectivity index (χ4n) is 3.87. The first-order valence-electron chi connectivity index (χ1n) is 9.98. The van der Waals surface area contributed by atoms with Crippen molar-refractivity contribution in [3.8, 4) is 11.3 Å². The summed E-state index contributed by atoms with van der Waals surface area (Å²) in [6.07, 6.45) is 1.79. The Balaban J connectivity index is 1.45. The van der Waals surface area contributed by atoms with Gasteiger partial charge >= 0.3 is 0 Å². The number of nitrogens with zero attached hydrogens (tertiary/aromatic N) is 5. The summed E-state index contributed by atoms with van der Waals surface area (Å²) >= 11 is 0. The molecule has 7 heteroatoms. The number of amides is 1. The zero-order valence-corrected chi connectivity index (χ0v) is 16.7. The van der Waals surface area contributed by atoms with E-state index >= 15 is 0 Å². The molecule has 1 saturated heterocycles. The summed E-state index contributed by atoms with van der Waals surface area (Å²) in [5.74, 6) is 0.920. The van der Waals surface area contributed by atoms with Gasteiger partial charge in [-0.1, -0.05) is 41.6 Å². The highest BCUT2D eigenvalue weighted by molar-refractivity contribution is 6.07. The van der Waals surface area contributed by atoms with Crippen LogP contribution in [-0.2, 0) is 0 Å². The van der Waals surface area contributed by atoms with Gasteiger partial charge in [-0.25, -0.2) is 9.97 Å². The smallest absolute Gasteiger partial charge is 0.259 e. The van der Waals surface area contributed by atoms with Crippen LogP contribution < -0.4 is 4.90 Å². The number of pyridine rings is 2. The fraction of sp³-hybridized carbons (Fsp3) is 0.217. The highest BCUT2D eigenvalue weighted by atomic mass is 16.5. The molecule has 3 aromatic heterocycles. The molecule has 0 saturated carbocycles. The second-order valence-corrected chi connectivity index (χ2v) is 7.34. The van der Waals surface area contributed by atoms with Crippen LogP contribution in [0.1, 0.15) is 16.1 Å². The van der Waals surface area contributed by atoms with Crippen LogP contribution in [0.15, 0.2) is 65.3 Å². The number of anilines is 1. The third-order valence-electron chi connectivity index (χ3n) is 5.46. The van der Waals surface area contributed by atoms with Crippen LogP contribution in [0.25, 0.3) is 22.4 Å². The normalized spacial score (nSPS) is 14.3. The van der Waals surface area contributed by atoms with Crippen LogP contribution in [0.3, 0.4) is 0 Å². The van der Waals surface area contributed by atoms with Gasteiger partial charge in [-0.2, -0.15) is 0 Å². The van der Waals surface area contributed by atoms with Crippen LogP contribution in [0.2, 0.25) is 0 Å². The zero-order chi connectivity index (χ0) is 20.5. The van der Waals surface area contributed by atoms with Crippen molar-refractivity contribution in [2.45, 2.75) is 6.92 Å². The number of carbonyl (C=O) groups is 1. The molecule has 1 amide bonds. The molecule has 1 aliphatic heterocycles. The van der Waals surface area contributed by atoms with E-state index in [9.17, 15) is 4.79 Å². The number of piperazine rings is 1. The van der Waals surface area contributed by atoms with Crippen molar-refractivity contribution in [1.29, 1.82) is 0 Å². The predicted molar refractivity (Wildman–Crippen MR) is 114 cm³/mol. The molecule has 1 aromatic carbocycles. The van der Waals surface area contributed by atoms with Crippen LogP contribution in [-0.4, -0.2) is 52.1 Å². The first kappa shape index (κ1) is 18.3. The third kappa shape index (κ3) is 3.28. The Morgan fingerprint density at radius 3 is 2.50 bits per heavy atom. The maximum Gasteiger partial charge on any atom is 0.259 e. The molecule has 1 fully saturated rings. The van der Waals surface area contributed by atoms with Crippen LogP contribution >= 0.6 is 0 Å². The molecule has 7 nitrogen and oxygen atoms in total. The molecule has 0 atom stereocenters. The van der Waals surface area contributed by atoms with E-state index in [1.54, 1.807) is 6.20 Å². The second-order valence-electron chi connectivity index (χ2n) is 7.34. The average Bonchev–Trinajstić information content (AvgIpc) is 3.20. The molecule has 0 N–H and O–H groups in total. The monoisotopic (exact) mass is 399 g/mol. The van der Waals surface area contributed by atoms with Crippen molar-refractivity contribution in [3.63, 3.8) is 0 Å². The molecule has 0 bridgehead atoms. The zero-order valence-electron chi connectivity index (χ0n) is 16.7. The van der Waals surface area contributed by atoms with E-state index < -0.39 is 0 Å². The lowest BCUT2D eigenvalue weighted by molar-refractivity contribution is 0.0748. The highest BCUT2D eigenvalue weighted by Gasteiger charge is 2.26. The van der Waals surface area contributed by atoms with Crippen LogP contribution in [0.5, 0.6) is 0 Å². The first-order chi connectivity index (χ1) is 14.7. The molecule has 4 heterocycles. The molecule has 4 aromatic rings. The van der Waals surface area contributed by atoms with Crippen LogP contribution in [0, 0.1) is 6.92 Å². The van der Waals surface area contributed by atoms with Crippen LogP contribution in [0.4, 0.5) is 5.82 Å². The maximum atomic E-state index is 13.5. The number of benzene rings is 1. The fourth-order valence-corrected chi connectivity index (χ4v) is 3.87. The predicted octanol–water partition coefficient (Wildman–Crippen LogP) is 3.56. The van der Waals surface area contributed by atoms with Gasteiger partial charge in [0, 0.05) is 37.9 Å². The van der Waals surface area contributed by atoms with E-state index in [1.165, 1.54) is 0 Å².